The van der Waals surface area contributed by atoms with Gasteiger partial charge in [0.05, 0.1) is 35.5 Å². The molecule has 0 atom stereocenters. The van der Waals surface area contributed by atoms with E-state index < -0.39 is 0 Å². The van der Waals surface area contributed by atoms with Crippen LogP contribution in [-0.4, -0.2) is 67.7 Å². The Morgan fingerprint density at radius 1 is 0.909 bits per heavy atom. The Morgan fingerprint density at radius 3 is 2.18 bits per heavy atom. The van der Waals surface area contributed by atoms with E-state index in [9.17, 15) is 9.59 Å². The molecule has 4 rings (SSSR count). The second-order valence-corrected chi connectivity index (χ2v) is 9.16. The van der Waals surface area contributed by atoms with Crippen molar-refractivity contribution in [1.82, 2.24) is 9.80 Å². The molecule has 2 N–H and O–H groups in total. The van der Waals surface area contributed by atoms with E-state index in [1.54, 1.807) is 23.1 Å². The number of benzene rings is 2. The number of likely N-dealkylation sites (tertiary alicyclic amines) is 1. The predicted molar refractivity (Wildman–Crippen MR) is 131 cm³/mol. The van der Waals surface area contributed by atoms with Crippen molar-refractivity contribution in [3.8, 4) is 0 Å². The maximum atomic E-state index is 12.7. The summed E-state index contributed by atoms with van der Waals surface area (Å²) < 4.78 is 5.32. The molecule has 0 saturated carbocycles. The average molecular weight is 491 g/mol. The number of carbonyl (C=O) groups excluding carboxylic acids is 2. The van der Waals surface area contributed by atoms with Crippen LogP contribution in [0.4, 0.5) is 16.2 Å². The Kier molecular flexibility index (Phi) is 8.09. The van der Waals surface area contributed by atoms with Gasteiger partial charge in [0.2, 0.25) is 5.91 Å². The van der Waals surface area contributed by atoms with Crippen LogP contribution in [0.5, 0.6) is 0 Å². The van der Waals surface area contributed by atoms with Gasteiger partial charge in [-0.25, -0.2) is 4.79 Å². The molecular weight excluding hydrogens is 463 g/mol. The summed E-state index contributed by atoms with van der Waals surface area (Å²) in [4.78, 5) is 28.8. The summed E-state index contributed by atoms with van der Waals surface area (Å²) in [7, 11) is 0. The third-order valence-corrected chi connectivity index (χ3v) is 6.74. The minimum absolute atomic E-state index is 0.0115. The molecule has 2 heterocycles. The summed E-state index contributed by atoms with van der Waals surface area (Å²) in [5, 5.41) is 6.64. The van der Waals surface area contributed by atoms with Crippen LogP contribution < -0.4 is 10.6 Å². The van der Waals surface area contributed by atoms with E-state index in [-0.39, 0.29) is 11.9 Å². The number of hydrogen-bond donors (Lipinski definition) is 2. The molecular formula is C24H28Cl2N4O3. The standard InChI is InChI=1S/C24H28Cl2N4O3/c25-20-2-1-3-21(26)23(20)28-24(32)30-10-8-18(9-11-30)17-4-6-19(7-5-17)27-22(31)16-29-12-14-33-15-13-29/h1-7,18H,8-16H2,(H,27,31)(H,28,32). The number of piperidine rings is 1. The van der Waals surface area contributed by atoms with Gasteiger partial charge >= 0.3 is 6.03 Å². The highest BCUT2D eigenvalue weighted by Gasteiger charge is 2.25. The van der Waals surface area contributed by atoms with Crippen molar-refractivity contribution in [1.29, 1.82) is 0 Å². The number of morpholine rings is 1. The average Bonchev–Trinajstić information content (AvgIpc) is 2.82. The molecule has 7 nitrogen and oxygen atoms in total. The summed E-state index contributed by atoms with van der Waals surface area (Å²) in [6, 6.07) is 13.0. The first-order valence-corrected chi connectivity index (χ1v) is 11.9. The fraction of sp³-hybridized carbons (Fsp3) is 0.417. The normalized spacial score (nSPS) is 17.6. The largest absolute Gasteiger partial charge is 0.379 e. The number of halogens is 2. The van der Waals surface area contributed by atoms with E-state index >= 15 is 0 Å². The van der Waals surface area contributed by atoms with Crippen molar-refractivity contribution < 1.29 is 14.3 Å². The molecule has 0 unspecified atom stereocenters. The zero-order valence-electron chi connectivity index (χ0n) is 18.4. The molecule has 0 radical (unpaired) electrons. The SMILES string of the molecule is O=C(CN1CCOCC1)Nc1ccc(C2CCN(C(=O)Nc3c(Cl)cccc3Cl)CC2)cc1. The Hall–Kier alpha value is -2.32. The number of para-hydroxylation sites is 1. The zero-order chi connectivity index (χ0) is 23.2. The maximum Gasteiger partial charge on any atom is 0.321 e. The summed E-state index contributed by atoms with van der Waals surface area (Å²) in [6.45, 7) is 4.60. The molecule has 2 aliphatic rings. The van der Waals surface area contributed by atoms with Gasteiger partial charge in [-0.1, -0.05) is 41.4 Å². The number of nitrogens with zero attached hydrogens (tertiary/aromatic N) is 2. The highest BCUT2D eigenvalue weighted by molar-refractivity contribution is 6.39. The third-order valence-electron chi connectivity index (χ3n) is 6.11. The number of ether oxygens (including phenoxy) is 1. The summed E-state index contributed by atoms with van der Waals surface area (Å²) >= 11 is 12.3. The van der Waals surface area contributed by atoms with Crippen molar-refractivity contribution in [2.24, 2.45) is 0 Å². The van der Waals surface area contributed by atoms with E-state index in [0.717, 1.165) is 31.6 Å². The minimum Gasteiger partial charge on any atom is -0.379 e. The number of carbonyl (C=O) groups is 2. The summed E-state index contributed by atoms with van der Waals surface area (Å²) in [5.41, 5.74) is 2.46. The first-order chi connectivity index (χ1) is 16.0. The van der Waals surface area contributed by atoms with Crippen LogP contribution in [0.2, 0.25) is 10.0 Å². The van der Waals surface area contributed by atoms with E-state index in [1.165, 1.54) is 5.56 Å². The molecule has 2 saturated heterocycles. The minimum atomic E-state index is -0.193. The molecule has 9 heteroatoms. The number of rotatable bonds is 5. The molecule has 176 valence electrons. The number of nitrogens with one attached hydrogen (secondary N) is 2. The van der Waals surface area contributed by atoms with E-state index in [0.29, 0.717) is 54.5 Å². The van der Waals surface area contributed by atoms with Crippen molar-refractivity contribution in [3.63, 3.8) is 0 Å². The van der Waals surface area contributed by atoms with Gasteiger partial charge in [-0.2, -0.15) is 0 Å². The van der Waals surface area contributed by atoms with E-state index in [4.69, 9.17) is 27.9 Å². The fourth-order valence-corrected chi connectivity index (χ4v) is 4.71. The summed E-state index contributed by atoms with van der Waals surface area (Å²) in [6.07, 6.45) is 1.73. The quantitative estimate of drug-likeness (QED) is 0.638. The molecule has 0 aromatic heterocycles. The van der Waals surface area contributed by atoms with Crippen molar-refractivity contribution >= 4 is 46.5 Å². The first-order valence-electron chi connectivity index (χ1n) is 11.2. The Bertz CT molecular complexity index is 952. The van der Waals surface area contributed by atoms with Crippen LogP contribution in [0.15, 0.2) is 42.5 Å². The van der Waals surface area contributed by atoms with Gasteiger partial charge < -0.3 is 20.3 Å². The fourth-order valence-electron chi connectivity index (χ4n) is 4.22. The van der Waals surface area contributed by atoms with Gasteiger partial charge in [0.15, 0.2) is 0 Å². The van der Waals surface area contributed by atoms with Crippen LogP contribution in [0, 0.1) is 0 Å². The van der Waals surface area contributed by atoms with Crippen molar-refractivity contribution in [2.45, 2.75) is 18.8 Å². The lowest BCUT2D eigenvalue weighted by molar-refractivity contribution is -0.118. The lowest BCUT2D eigenvalue weighted by Gasteiger charge is -2.32. The molecule has 2 aromatic rings. The van der Waals surface area contributed by atoms with Gasteiger partial charge in [-0.3, -0.25) is 9.69 Å². The molecule has 0 aliphatic carbocycles. The van der Waals surface area contributed by atoms with Crippen LogP contribution in [0.1, 0.15) is 24.3 Å². The molecule has 2 aromatic carbocycles. The molecule has 2 fully saturated rings. The maximum absolute atomic E-state index is 12.7. The van der Waals surface area contributed by atoms with E-state index in [2.05, 4.69) is 27.7 Å². The molecule has 2 aliphatic heterocycles. The van der Waals surface area contributed by atoms with Crippen molar-refractivity contribution in [3.05, 3.63) is 58.1 Å². The third kappa shape index (κ3) is 6.38. The number of hydrogen-bond acceptors (Lipinski definition) is 4. The number of urea groups is 1. The Morgan fingerprint density at radius 2 is 1.55 bits per heavy atom. The van der Waals surface area contributed by atoms with Crippen LogP contribution in [0.25, 0.3) is 0 Å². The monoisotopic (exact) mass is 490 g/mol. The zero-order valence-corrected chi connectivity index (χ0v) is 19.9. The molecule has 3 amide bonds. The molecule has 0 spiro atoms. The van der Waals surface area contributed by atoms with Crippen LogP contribution >= 0.6 is 23.2 Å². The van der Waals surface area contributed by atoms with Gasteiger partial charge in [0.1, 0.15) is 0 Å². The predicted octanol–water partition coefficient (Wildman–Crippen LogP) is 4.68. The lowest BCUT2D eigenvalue weighted by Crippen LogP contribution is -2.41. The van der Waals surface area contributed by atoms with E-state index in [1.807, 2.05) is 12.1 Å². The highest BCUT2D eigenvalue weighted by atomic mass is 35.5. The lowest BCUT2D eigenvalue weighted by atomic mass is 9.89. The second-order valence-electron chi connectivity index (χ2n) is 8.35. The smallest absolute Gasteiger partial charge is 0.321 e. The van der Waals surface area contributed by atoms with Gasteiger partial charge in [0.25, 0.3) is 0 Å². The number of amides is 3. The van der Waals surface area contributed by atoms with Crippen LogP contribution in [0.3, 0.4) is 0 Å². The second kappa shape index (κ2) is 11.2. The highest BCUT2D eigenvalue weighted by Crippen LogP contribution is 2.32. The van der Waals surface area contributed by atoms with Crippen LogP contribution in [-0.2, 0) is 9.53 Å². The Balaban J connectivity index is 1.25. The van der Waals surface area contributed by atoms with Gasteiger partial charge in [0, 0.05) is 31.9 Å². The van der Waals surface area contributed by atoms with Crippen molar-refractivity contribution in [2.75, 3.05) is 56.6 Å². The van der Waals surface area contributed by atoms with Gasteiger partial charge in [-0.05, 0) is 48.6 Å². The molecule has 33 heavy (non-hydrogen) atoms. The van der Waals surface area contributed by atoms with Gasteiger partial charge in [-0.15, -0.1) is 0 Å². The first kappa shape index (κ1) is 23.8. The Labute approximate surface area is 204 Å². The topological polar surface area (TPSA) is 73.9 Å². The summed E-state index contributed by atoms with van der Waals surface area (Å²) in [5.74, 6) is 0.360. The number of anilines is 2. The molecule has 0 bridgehead atoms.